The molecule has 0 saturated heterocycles. The first-order valence-electron chi connectivity index (χ1n) is 5.74. The van der Waals surface area contributed by atoms with Crippen molar-refractivity contribution in [2.75, 3.05) is 5.32 Å². The van der Waals surface area contributed by atoms with Crippen LogP contribution in [0, 0.1) is 24.0 Å². The Balaban J connectivity index is 2.37. The predicted molar refractivity (Wildman–Crippen MR) is 80.1 cm³/mol. The molecule has 0 atom stereocenters. The van der Waals surface area contributed by atoms with Gasteiger partial charge in [0.15, 0.2) is 0 Å². The van der Waals surface area contributed by atoms with Gasteiger partial charge in [0.25, 0.3) is 5.69 Å². The van der Waals surface area contributed by atoms with E-state index in [9.17, 15) is 10.1 Å². The number of non-ortho nitro benzene ring substituents is 1. The lowest BCUT2D eigenvalue weighted by Gasteiger charge is -2.13. The summed E-state index contributed by atoms with van der Waals surface area (Å²) in [5.41, 5.74) is 2.56. The molecular formula is C13H11Cl2N3O2. The van der Waals surface area contributed by atoms with Gasteiger partial charge in [-0.2, -0.15) is 0 Å². The highest BCUT2D eigenvalue weighted by Crippen LogP contribution is 2.36. The van der Waals surface area contributed by atoms with Gasteiger partial charge in [-0.25, -0.2) is 0 Å². The number of nitro benzene ring substituents is 1. The zero-order valence-corrected chi connectivity index (χ0v) is 12.3. The van der Waals surface area contributed by atoms with Crippen LogP contribution in [0.1, 0.15) is 11.4 Å². The van der Waals surface area contributed by atoms with E-state index in [2.05, 4.69) is 10.3 Å². The zero-order chi connectivity index (χ0) is 14.9. The number of aryl methyl sites for hydroxylation is 2. The van der Waals surface area contributed by atoms with Gasteiger partial charge >= 0.3 is 0 Å². The van der Waals surface area contributed by atoms with Gasteiger partial charge in [-0.15, -0.1) is 0 Å². The van der Waals surface area contributed by atoms with E-state index in [0.29, 0.717) is 32.8 Å². The fourth-order valence-electron chi connectivity index (χ4n) is 1.73. The summed E-state index contributed by atoms with van der Waals surface area (Å²) in [7, 11) is 0. The Hall–Kier alpha value is -1.85. The summed E-state index contributed by atoms with van der Waals surface area (Å²) >= 11 is 12.4. The molecule has 2 rings (SSSR count). The highest BCUT2D eigenvalue weighted by atomic mass is 35.5. The second-order valence-electron chi connectivity index (χ2n) is 4.21. The molecule has 0 saturated carbocycles. The molecule has 1 N–H and O–H groups in total. The number of benzene rings is 1. The minimum absolute atomic E-state index is 0.0230. The third kappa shape index (κ3) is 2.84. The molecule has 0 aliphatic carbocycles. The summed E-state index contributed by atoms with van der Waals surface area (Å²) in [6.45, 7) is 3.57. The van der Waals surface area contributed by atoms with Crippen molar-refractivity contribution in [3.8, 4) is 0 Å². The van der Waals surface area contributed by atoms with E-state index in [4.69, 9.17) is 23.2 Å². The fourth-order valence-corrected chi connectivity index (χ4v) is 2.14. The van der Waals surface area contributed by atoms with E-state index in [1.165, 1.54) is 12.1 Å². The maximum absolute atomic E-state index is 10.6. The minimum atomic E-state index is -0.454. The number of anilines is 2. The van der Waals surface area contributed by atoms with Crippen LogP contribution in [-0.4, -0.2) is 9.91 Å². The van der Waals surface area contributed by atoms with Crippen molar-refractivity contribution >= 4 is 40.3 Å². The molecule has 2 aromatic rings. The van der Waals surface area contributed by atoms with E-state index < -0.39 is 4.92 Å². The number of nitro groups is 1. The van der Waals surface area contributed by atoms with Gasteiger partial charge in [0.05, 0.1) is 32.0 Å². The van der Waals surface area contributed by atoms with Gasteiger partial charge in [0.1, 0.15) is 0 Å². The standard InChI is InChI=1S/C13H11Cl2N3O2/c1-7-11(14)13(12(15)8(2)16-7)17-9-3-5-10(6-4-9)18(19)20/h3-6H,1-2H3,(H,16,17). The topological polar surface area (TPSA) is 68.1 Å². The first-order valence-corrected chi connectivity index (χ1v) is 6.49. The summed E-state index contributed by atoms with van der Waals surface area (Å²) in [4.78, 5) is 14.4. The van der Waals surface area contributed by atoms with Gasteiger partial charge in [-0.1, -0.05) is 23.2 Å². The number of nitrogens with one attached hydrogen (secondary N) is 1. The van der Waals surface area contributed by atoms with Crippen LogP contribution in [0.15, 0.2) is 24.3 Å². The average molecular weight is 312 g/mol. The van der Waals surface area contributed by atoms with Gasteiger partial charge < -0.3 is 5.32 Å². The number of hydrogen-bond donors (Lipinski definition) is 1. The van der Waals surface area contributed by atoms with Crippen LogP contribution < -0.4 is 5.32 Å². The van der Waals surface area contributed by atoms with Crippen LogP contribution in [0.3, 0.4) is 0 Å². The number of hydrogen-bond acceptors (Lipinski definition) is 4. The molecule has 0 bridgehead atoms. The van der Waals surface area contributed by atoms with Gasteiger partial charge in [-0.3, -0.25) is 15.1 Å². The van der Waals surface area contributed by atoms with Crippen LogP contribution >= 0.6 is 23.2 Å². The lowest BCUT2D eigenvalue weighted by atomic mass is 10.2. The SMILES string of the molecule is Cc1nc(C)c(Cl)c(Nc2ccc([N+](=O)[O-])cc2)c1Cl. The molecule has 20 heavy (non-hydrogen) atoms. The molecule has 7 heteroatoms. The Bertz CT molecular complexity index is 646. The number of halogens is 2. The predicted octanol–water partition coefficient (Wildman–Crippen LogP) is 4.66. The highest BCUT2D eigenvalue weighted by Gasteiger charge is 2.13. The maximum Gasteiger partial charge on any atom is 0.269 e. The van der Waals surface area contributed by atoms with Crippen LogP contribution in [0.5, 0.6) is 0 Å². The molecule has 0 amide bonds. The van der Waals surface area contributed by atoms with Crippen molar-refractivity contribution in [1.82, 2.24) is 4.98 Å². The summed E-state index contributed by atoms with van der Waals surface area (Å²) in [6, 6.07) is 6.00. The molecule has 0 radical (unpaired) electrons. The highest BCUT2D eigenvalue weighted by molar-refractivity contribution is 6.39. The molecule has 1 heterocycles. The van der Waals surface area contributed by atoms with Crippen LogP contribution in [0.4, 0.5) is 17.1 Å². The molecule has 1 aromatic heterocycles. The number of aromatic nitrogens is 1. The summed E-state index contributed by atoms with van der Waals surface area (Å²) in [5.74, 6) is 0. The van der Waals surface area contributed by atoms with Gasteiger partial charge in [0, 0.05) is 17.8 Å². The molecule has 0 aliphatic heterocycles. The maximum atomic E-state index is 10.6. The van der Waals surface area contributed by atoms with E-state index in [-0.39, 0.29) is 5.69 Å². The molecule has 104 valence electrons. The fraction of sp³-hybridized carbons (Fsp3) is 0.154. The van der Waals surface area contributed by atoms with E-state index >= 15 is 0 Å². The summed E-state index contributed by atoms with van der Waals surface area (Å²) in [5, 5.41) is 14.5. The second-order valence-corrected chi connectivity index (χ2v) is 4.97. The molecule has 0 fully saturated rings. The van der Waals surface area contributed by atoms with Crippen LogP contribution in [-0.2, 0) is 0 Å². The van der Waals surface area contributed by atoms with Crippen LogP contribution in [0.2, 0.25) is 10.0 Å². The molecular weight excluding hydrogens is 301 g/mol. The number of rotatable bonds is 3. The monoisotopic (exact) mass is 311 g/mol. The minimum Gasteiger partial charge on any atom is -0.353 e. The Labute approximate surface area is 125 Å². The summed E-state index contributed by atoms with van der Waals surface area (Å²) in [6.07, 6.45) is 0. The molecule has 0 aliphatic rings. The van der Waals surface area contributed by atoms with Crippen molar-refractivity contribution < 1.29 is 4.92 Å². The van der Waals surface area contributed by atoms with E-state index in [0.717, 1.165) is 0 Å². The molecule has 0 unspecified atom stereocenters. The van der Waals surface area contributed by atoms with E-state index in [1.54, 1.807) is 26.0 Å². The van der Waals surface area contributed by atoms with Crippen molar-refractivity contribution in [1.29, 1.82) is 0 Å². The Morgan fingerprint density at radius 3 is 2.05 bits per heavy atom. The first-order chi connectivity index (χ1) is 9.40. The average Bonchev–Trinajstić information content (AvgIpc) is 2.42. The van der Waals surface area contributed by atoms with Gasteiger partial charge in [-0.05, 0) is 26.0 Å². The molecule has 0 spiro atoms. The third-order valence-corrected chi connectivity index (χ3v) is 3.68. The summed E-state index contributed by atoms with van der Waals surface area (Å²) < 4.78 is 0. The van der Waals surface area contributed by atoms with Gasteiger partial charge in [0.2, 0.25) is 0 Å². The normalized spacial score (nSPS) is 10.4. The Morgan fingerprint density at radius 1 is 1.10 bits per heavy atom. The quantitative estimate of drug-likeness (QED) is 0.661. The third-order valence-electron chi connectivity index (χ3n) is 2.76. The van der Waals surface area contributed by atoms with Crippen molar-refractivity contribution in [3.05, 3.63) is 55.8 Å². The first kappa shape index (κ1) is 14.6. The zero-order valence-electron chi connectivity index (χ0n) is 10.8. The second kappa shape index (κ2) is 5.64. The lowest BCUT2D eigenvalue weighted by molar-refractivity contribution is -0.384. The van der Waals surface area contributed by atoms with Crippen molar-refractivity contribution in [2.45, 2.75) is 13.8 Å². The van der Waals surface area contributed by atoms with Crippen molar-refractivity contribution in [3.63, 3.8) is 0 Å². The Kier molecular flexibility index (Phi) is 4.11. The molecule has 1 aromatic carbocycles. The molecule has 5 nitrogen and oxygen atoms in total. The lowest BCUT2D eigenvalue weighted by Crippen LogP contribution is -1.98. The Morgan fingerprint density at radius 2 is 1.60 bits per heavy atom. The van der Waals surface area contributed by atoms with Crippen molar-refractivity contribution in [2.24, 2.45) is 0 Å². The number of pyridine rings is 1. The largest absolute Gasteiger partial charge is 0.353 e. The number of nitrogens with zero attached hydrogens (tertiary/aromatic N) is 2. The van der Waals surface area contributed by atoms with E-state index in [1.807, 2.05) is 0 Å². The smallest absolute Gasteiger partial charge is 0.269 e. The van der Waals surface area contributed by atoms with Crippen LogP contribution in [0.25, 0.3) is 0 Å².